The molecule has 2 aromatic rings. The molecule has 0 amide bonds. The van der Waals surface area contributed by atoms with E-state index in [4.69, 9.17) is 5.73 Å². The van der Waals surface area contributed by atoms with Crippen LogP contribution in [0.3, 0.4) is 0 Å². The van der Waals surface area contributed by atoms with E-state index in [0.717, 1.165) is 30.0 Å². The first kappa shape index (κ1) is 10.1. The summed E-state index contributed by atoms with van der Waals surface area (Å²) >= 11 is 0. The normalized spacial score (nSPS) is 14.5. The number of pyridine rings is 1. The summed E-state index contributed by atoms with van der Waals surface area (Å²) in [6.07, 6.45) is 4.88. The second kappa shape index (κ2) is 4.09. The third-order valence-corrected chi connectivity index (χ3v) is 3.20. The van der Waals surface area contributed by atoms with Crippen LogP contribution in [0.5, 0.6) is 0 Å². The Bertz CT molecular complexity index is 518. The number of rotatable bonds is 2. The van der Waals surface area contributed by atoms with Gasteiger partial charge < -0.3 is 10.6 Å². The molecule has 1 saturated heterocycles. The van der Waals surface area contributed by atoms with E-state index >= 15 is 0 Å². The highest BCUT2D eigenvalue weighted by Gasteiger charge is 2.20. The summed E-state index contributed by atoms with van der Waals surface area (Å²) in [5.41, 5.74) is 10.3. The summed E-state index contributed by atoms with van der Waals surface area (Å²) in [5, 5.41) is 0. The Morgan fingerprint density at radius 2 is 1.82 bits per heavy atom. The number of hydrogen-bond acceptors (Lipinski definition) is 3. The molecule has 1 aromatic carbocycles. The molecule has 1 aliphatic rings. The van der Waals surface area contributed by atoms with Crippen molar-refractivity contribution in [1.29, 1.82) is 0 Å². The van der Waals surface area contributed by atoms with Gasteiger partial charge in [0.15, 0.2) is 0 Å². The van der Waals surface area contributed by atoms with Gasteiger partial charge in [-0.05, 0) is 12.0 Å². The predicted octanol–water partition coefficient (Wildman–Crippen LogP) is 2.54. The third-order valence-electron chi connectivity index (χ3n) is 3.20. The summed E-state index contributed by atoms with van der Waals surface area (Å²) in [6.45, 7) is 2.18. The number of hydrogen-bond donors (Lipinski definition) is 1. The Kier molecular flexibility index (Phi) is 2.44. The fourth-order valence-electron chi connectivity index (χ4n) is 2.19. The van der Waals surface area contributed by atoms with Crippen LogP contribution in [0.4, 0.5) is 11.4 Å². The van der Waals surface area contributed by atoms with Gasteiger partial charge in [0.05, 0.1) is 17.6 Å². The highest BCUT2D eigenvalue weighted by atomic mass is 15.2. The van der Waals surface area contributed by atoms with E-state index in [2.05, 4.69) is 22.0 Å². The zero-order valence-corrected chi connectivity index (χ0v) is 9.63. The molecule has 0 atom stereocenters. The van der Waals surface area contributed by atoms with Gasteiger partial charge in [-0.3, -0.25) is 4.98 Å². The van der Waals surface area contributed by atoms with Crippen LogP contribution >= 0.6 is 0 Å². The van der Waals surface area contributed by atoms with Gasteiger partial charge in [-0.2, -0.15) is 0 Å². The highest BCUT2D eigenvalue weighted by molar-refractivity contribution is 5.86. The maximum atomic E-state index is 6.06. The van der Waals surface area contributed by atoms with Gasteiger partial charge in [-0.25, -0.2) is 0 Å². The Balaban J connectivity index is 2.13. The molecule has 1 aromatic heterocycles. The molecule has 2 heterocycles. The van der Waals surface area contributed by atoms with Crippen molar-refractivity contribution >= 4 is 11.4 Å². The van der Waals surface area contributed by atoms with E-state index in [9.17, 15) is 0 Å². The number of nitrogens with zero attached hydrogens (tertiary/aromatic N) is 2. The van der Waals surface area contributed by atoms with Crippen LogP contribution in [-0.4, -0.2) is 18.1 Å². The van der Waals surface area contributed by atoms with Crippen molar-refractivity contribution in [2.45, 2.75) is 6.42 Å². The van der Waals surface area contributed by atoms with Gasteiger partial charge in [0.2, 0.25) is 0 Å². The smallest absolute Gasteiger partial charge is 0.0744 e. The molecule has 3 heteroatoms. The second-order valence-electron chi connectivity index (χ2n) is 4.33. The molecule has 2 N–H and O–H groups in total. The van der Waals surface area contributed by atoms with Crippen LogP contribution in [0, 0.1) is 0 Å². The molecular formula is C14H15N3. The summed E-state index contributed by atoms with van der Waals surface area (Å²) < 4.78 is 0. The minimum Gasteiger partial charge on any atom is -0.396 e. The average Bonchev–Trinajstić information content (AvgIpc) is 2.31. The molecule has 3 nitrogen and oxygen atoms in total. The number of nitrogen functional groups attached to an aromatic ring is 1. The average molecular weight is 225 g/mol. The summed E-state index contributed by atoms with van der Waals surface area (Å²) in [4.78, 5) is 6.53. The maximum Gasteiger partial charge on any atom is 0.0744 e. The lowest BCUT2D eigenvalue weighted by atomic mass is 10.0. The van der Waals surface area contributed by atoms with Crippen molar-refractivity contribution in [2.24, 2.45) is 0 Å². The first-order valence-corrected chi connectivity index (χ1v) is 5.90. The SMILES string of the molecule is Nc1cncc(-c2ccccc2)c1N1CCC1. The largest absolute Gasteiger partial charge is 0.396 e. The molecule has 1 aliphatic heterocycles. The van der Waals surface area contributed by atoms with Crippen LogP contribution < -0.4 is 10.6 Å². The van der Waals surface area contributed by atoms with Gasteiger partial charge in [-0.1, -0.05) is 30.3 Å². The molecule has 0 saturated carbocycles. The molecule has 86 valence electrons. The zero-order valence-electron chi connectivity index (χ0n) is 9.63. The molecule has 0 unspecified atom stereocenters. The van der Waals surface area contributed by atoms with Crippen molar-refractivity contribution in [3.05, 3.63) is 42.7 Å². The predicted molar refractivity (Wildman–Crippen MR) is 70.9 cm³/mol. The van der Waals surface area contributed by atoms with E-state index in [1.54, 1.807) is 6.20 Å². The molecule has 0 bridgehead atoms. The molecular weight excluding hydrogens is 210 g/mol. The van der Waals surface area contributed by atoms with Crippen molar-refractivity contribution in [3.63, 3.8) is 0 Å². The monoisotopic (exact) mass is 225 g/mol. The quantitative estimate of drug-likeness (QED) is 0.854. The molecule has 17 heavy (non-hydrogen) atoms. The zero-order chi connectivity index (χ0) is 11.7. The lowest BCUT2D eigenvalue weighted by Crippen LogP contribution is -2.37. The van der Waals surface area contributed by atoms with E-state index in [-0.39, 0.29) is 0 Å². The fourth-order valence-corrected chi connectivity index (χ4v) is 2.19. The number of nitrogens with two attached hydrogens (primary N) is 1. The molecule has 1 fully saturated rings. The maximum absolute atomic E-state index is 6.06. The van der Waals surface area contributed by atoms with E-state index < -0.39 is 0 Å². The highest BCUT2D eigenvalue weighted by Crippen LogP contribution is 2.36. The number of anilines is 2. The molecule has 0 radical (unpaired) electrons. The van der Waals surface area contributed by atoms with Crippen LogP contribution in [0.25, 0.3) is 11.1 Å². The van der Waals surface area contributed by atoms with Gasteiger partial charge >= 0.3 is 0 Å². The van der Waals surface area contributed by atoms with Crippen molar-refractivity contribution in [1.82, 2.24) is 4.98 Å². The van der Waals surface area contributed by atoms with Gasteiger partial charge in [0.25, 0.3) is 0 Å². The van der Waals surface area contributed by atoms with E-state index in [1.165, 1.54) is 12.0 Å². The topological polar surface area (TPSA) is 42.1 Å². The Labute approximate surface area is 101 Å². The van der Waals surface area contributed by atoms with Gasteiger partial charge in [0, 0.05) is 24.8 Å². The molecule has 3 rings (SSSR count). The number of benzene rings is 1. The van der Waals surface area contributed by atoms with Gasteiger partial charge in [0.1, 0.15) is 0 Å². The van der Waals surface area contributed by atoms with Gasteiger partial charge in [-0.15, -0.1) is 0 Å². The molecule has 0 spiro atoms. The van der Waals surface area contributed by atoms with E-state index in [0.29, 0.717) is 0 Å². The van der Waals surface area contributed by atoms with Crippen molar-refractivity contribution in [3.8, 4) is 11.1 Å². The van der Waals surface area contributed by atoms with Crippen LogP contribution in [0.1, 0.15) is 6.42 Å². The van der Waals surface area contributed by atoms with E-state index in [1.807, 2.05) is 24.4 Å². The first-order valence-electron chi connectivity index (χ1n) is 5.90. The Morgan fingerprint density at radius 3 is 2.47 bits per heavy atom. The summed E-state index contributed by atoms with van der Waals surface area (Å²) in [5.74, 6) is 0. The standard InChI is InChI=1S/C14H15N3/c15-13-10-16-9-12(11-5-2-1-3-6-11)14(13)17-7-4-8-17/h1-3,5-6,9-10H,4,7-8,15H2. The third kappa shape index (κ3) is 1.73. The van der Waals surface area contributed by atoms with Crippen LogP contribution in [0.15, 0.2) is 42.7 Å². The Hall–Kier alpha value is -2.03. The second-order valence-corrected chi connectivity index (χ2v) is 4.33. The minimum atomic E-state index is 0.769. The lowest BCUT2D eigenvalue weighted by Gasteiger charge is -2.35. The summed E-state index contributed by atoms with van der Waals surface area (Å²) in [7, 11) is 0. The first-order chi connectivity index (χ1) is 8.36. The minimum absolute atomic E-state index is 0.769. The number of aromatic nitrogens is 1. The van der Waals surface area contributed by atoms with Crippen LogP contribution in [0.2, 0.25) is 0 Å². The summed E-state index contributed by atoms with van der Waals surface area (Å²) in [6, 6.07) is 10.3. The Morgan fingerprint density at radius 1 is 1.06 bits per heavy atom. The van der Waals surface area contributed by atoms with Crippen molar-refractivity contribution in [2.75, 3.05) is 23.7 Å². The fraction of sp³-hybridized carbons (Fsp3) is 0.214. The van der Waals surface area contributed by atoms with Crippen molar-refractivity contribution < 1.29 is 0 Å². The van der Waals surface area contributed by atoms with Crippen LogP contribution in [-0.2, 0) is 0 Å². The molecule has 0 aliphatic carbocycles. The lowest BCUT2D eigenvalue weighted by molar-refractivity contribution is 0.619.